The van der Waals surface area contributed by atoms with Crippen LogP contribution in [0.5, 0.6) is 0 Å². The third kappa shape index (κ3) is 1.37. The monoisotopic (exact) mass is 188 g/mol. The summed E-state index contributed by atoms with van der Waals surface area (Å²) in [7, 11) is 0. The third-order valence-electron chi connectivity index (χ3n) is 1.95. The molecular formula is C10H8N2O2. The number of hydrogen-bond acceptors (Lipinski definition) is 3. The van der Waals surface area contributed by atoms with Gasteiger partial charge in [0.1, 0.15) is 0 Å². The van der Waals surface area contributed by atoms with Crippen LogP contribution in [0.1, 0.15) is 10.4 Å². The molecule has 0 atom stereocenters. The van der Waals surface area contributed by atoms with Crippen LogP contribution < -0.4 is 5.73 Å². The van der Waals surface area contributed by atoms with Crippen LogP contribution in [0.2, 0.25) is 0 Å². The fourth-order valence-electron chi connectivity index (χ4n) is 1.28. The van der Waals surface area contributed by atoms with Crippen molar-refractivity contribution in [2.24, 2.45) is 0 Å². The lowest BCUT2D eigenvalue weighted by Gasteiger charge is -1.99. The van der Waals surface area contributed by atoms with Crippen LogP contribution in [0.3, 0.4) is 0 Å². The number of carboxylic acid groups (broad SMARTS) is 1. The average molecular weight is 188 g/mol. The number of anilines is 1. The van der Waals surface area contributed by atoms with Crippen molar-refractivity contribution in [3.63, 3.8) is 0 Å². The zero-order valence-corrected chi connectivity index (χ0v) is 7.27. The van der Waals surface area contributed by atoms with Gasteiger partial charge in [-0.25, -0.2) is 4.79 Å². The molecule has 4 heteroatoms. The molecule has 1 aromatic heterocycles. The van der Waals surface area contributed by atoms with Gasteiger partial charge in [-0.2, -0.15) is 0 Å². The molecule has 0 spiro atoms. The number of pyridine rings is 1. The summed E-state index contributed by atoms with van der Waals surface area (Å²) < 4.78 is 0. The average Bonchev–Trinajstić information content (AvgIpc) is 2.16. The fourth-order valence-corrected chi connectivity index (χ4v) is 1.28. The highest BCUT2D eigenvalue weighted by atomic mass is 16.4. The van der Waals surface area contributed by atoms with Crippen LogP contribution in [0, 0.1) is 0 Å². The third-order valence-corrected chi connectivity index (χ3v) is 1.95. The number of hydrogen-bond donors (Lipinski definition) is 2. The Hall–Kier alpha value is -2.10. The molecule has 0 aliphatic carbocycles. The lowest BCUT2D eigenvalue weighted by molar-refractivity contribution is 0.0697. The lowest BCUT2D eigenvalue weighted by Crippen LogP contribution is -1.96. The Bertz CT molecular complexity index is 508. The summed E-state index contributed by atoms with van der Waals surface area (Å²) in [5.74, 6) is -0.950. The predicted octanol–water partition coefficient (Wildman–Crippen LogP) is 1.52. The van der Waals surface area contributed by atoms with Crippen molar-refractivity contribution in [2.75, 3.05) is 5.73 Å². The Morgan fingerprint density at radius 1 is 1.36 bits per heavy atom. The molecule has 2 rings (SSSR count). The summed E-state index contributed by atoms with van der Waals surface area (Å²) in [5.41, 5.74) is 7.05. The van der Waals surface area contributed by atoms with E-state index in [1.165, 1.54) is 6.07 Å². The minimum atomic E-state index is -0.950. The van der Waals surface area contributed by atoms with Gasteiger partial charge in [0.15, 0.2) is 0 Å². The van der Waals surface area contributed by atoms with Crippen LogP contribution in [-0.4, -0.2) is 16.1 Å². The van der Waals surface area contributed by atoms with Crippen molar-refractivity contribution in [3.8, 4) is 0 Å². The van der Waals surface area contributed by atoms with E-state index in [4.69, 9.17) is 10.8 Å². The zero-order valence-electron chi connectivity index (χ0n) is 7.27. The maximum absolute atomic E-state index is 10.7. The topological polar surface area (TPSA) is 76.2 Å². The van der Waals surface area contributed by atoms with E-state index in [-0.39, 0.29) is 5.56 Å². The molecule has 1 heterocycles. The second kappa shape index (κ2) is 2.99. The summed E-state index contributed by atoms with van der Waals surface area (Å²) in [6.07, 6.45) is 1.54. The van der Waals surface area contributed by atoms with Gasteiger partial charge in [-0.15, -0.1) is 0 Å². The van der Waals surface area contributed by atoms with E-state index in [2.05, 4.69) is 4.98 Å². The molecule has 0 bridgehead atoms. The number of nitrogen functional groups attached to an aromatic ring is 1. The molecule has 0 aliphatic heterocycles. The molecule has 70 valence electrons. The number of nitrogens with two attached hydrogens (primary N) is 1. The molecule has 4 nitrogen and oxygen atoms in total. The summed E-state index contributed by atoms with van der Waals surface area (Å²) >= 11 is 0. The van der Waals surface area contributed by atoms with Crippen LogP contribution in [0.4, 0.5) is 5.69 Å². The van der Waals surface area contributed by atoms with Crippen molar-refractivity contribution >= 4 is 22.6 Å². The van der Waals surface area contributed by atoms with E-state index in [0.29, 0.717) is 5.69 Å². The number of aromatic carboxylic acids is 1. The molecule has 1 aromatic carbocycles. The van der Waals surface area contributed by atoms with Gasteiger partial charge in [0.2, 0.25) is 0 Å². The van der Waals surface area contributed by atoms with Crippen LogP contribution in [-0.2, 0) is 0 Å². The van der Waals surface area contributed by atoms with Gasteiger partial charge in [0, 0.05) is 5.39 Å². The summed E-state index contributed by atoms with van der Waals surface area (Å²) in [4.78, 5) is 14.7. The first kappa shape index (κ1) is 8.50. The first-order valence-corrected chi connectivity index (χ1v) is 4.05. The number of fused-ring (bicyclic) bond motifs is 1. The number of aromatic nitrogens is 1. The minimum absolute atomic E-state index is 0.241. The largest absolute Gasteiger partial charge is 0.478 e. The lowest BCUT2D eigenvalue weighted by atomic mass is 10.1. The summed E-state index contributed by atoms with van der Waals surface area (Å²) in [5, 5.41) is 9.50. The minimum Gasteiger partial charge on any atom is -0.478 e. The molecule has 0 saturated heterocycles. The van der Waals surface area contributed by atoms with Crippen molar-refractivity contribution in [1.29, 1.82) is 0 Å². The maximum atomic E-state index is 10.7. The molecule has 14 heavy (non-hydrogen) atoms. The standard InChI is InChI=1S/C10H8N2O2/c11-8-4-7-3-6(10(13)14)1-2-9(7)12-5-8/h1-5H,11H2,(H,13,14). The molecule has 0 radical (unpaired) electrons. The Labute approximate surface area is 80.0 Å². The van der Waals surface area contributed by atoms with Crippen molar-refractivity contribution in [2.45, 2.75) is 0 Å². The van der Waals surface area contributed by atoms with Crippen molar-refractivity contribution in [3.05, 3.63) is 36.0 Å². The normalized spacial score (nSPS) is 10.3. The fraction of sp³-hybridized carbons (Fsp3) is 0. The Morgan fingerprint density at radius 3 is 2.86 bits per heavy atom. The van der Waals surface area contributed by atoms with E-state index in [1.807, 2.05) is 0 Å². The van der Waals surface area contributed by atoms with Crippen LogP contribution >= 0.6 is 0 Å². The summed E-state index contributed by atoms with van der Waals surface area (Å²) in [6, 6.07) is 6.45. The van der Waals surface area contributed by atoms with Gasteiger partial charge >= 0.3 is 5.97 Å². The second-order valence-corrected chi connectivity index (χ2v) is 2.98. The Balaban J connectivity index is 2.69. The van der Waals surface area contributed by atoms with Gasteiger partial charge < -0.3 is 10.8 Å². The van der Waals surface area contributed by atoms with E-state index in [1.54, 1.807) is 24.4 Å². The smallest absolute Gasteiger partial charge is 0.335 e. The van der Waals surface area contributed by atoms with Gasteiger partial charge in [-0.05, 0) is 24.3 Å². The Morgan fingerprint density at radius 2 is 2.14 bits per heavy atom. The number of carbonyl (C=O) groups is 1. The highest BCUT2D eigenvalue weighted by molar-refractivity contribution is 5.93. The van der Waals surface area contributed by atoms with E-state index >= 15 is 0 Å². The maximum Gasteiger partial charge on any atom is 0.335 e. The van der Waals surface area contributed by atoms with E-state index < -0.39 is 5.97 Å². The molecule has 0 unspecified atom stereocenters. The van der Waals surface area contributed by atoms with Gasteiger partial charge in [-0.1, -0.05) is 0 Å². The molecule has 0 fully saturated rings. The number of rotatable bonds is 1. The van der Waals surface area contributed by atoms with Gasteiger partial charge in [0.25, 0.3) is 0 Å². The molecule has 3 N–H and O–H groups in total. The quantitative estimate of drug-likeness (QED) is 0.711. The van der Waals surface area contributed by atoms with Gasteiger partial charge in [0.05, 0.1) is 23.0 Å². The van der Waals surface area contributed by atoms with E-state index in [9.17, 15) is 4.79 Å². The van der Waals surface area contributed by atoms with Crippen molar-refractivity contribution < 1.29 is 9.90 Å². The second-order valence-electron chi connectivity index (χ2n) is 2.98. The highest BCUT2D eigenvalue weighted by Gasteiger charge is 2.03. The van der Waals surface area contributed by atoms with Crippen LogP contribution in [0.15, 0.2) is 30.5 Å². The number of nitrogens with zero attached hydrogens (tertiary/aromatic N) is 1. The van der Waals surface area contributed by atoms with Gasteiger partial charge in [-0.3, -0.25) is 4.98 Å². The van der Waals surface area contributed by atoms with E-state index in [0.717, 1.165) is 10.9 Å². The zero-order chi connectivity index (χ0) is 10.1. The molecule has 0 amide bonds. The first-order valence-electron chi connectivity index (χ1n) is 4.05. The summed E-state index contributed by atoms with van der Waals surface area (Å²) in [6.45, 7) is 0. The molecule has 2 aromatic rings. The molecule has 0 saturated carbocycles. The Kier molecular flexibility index (Phi) is 1.81. The molecule has 0 aliphatic rings. The first-order chi connectivity index (χ1) is 6.66. The molecular weight excluding hydrogens is 180 g/mol. The SMILES string of the molecule is Nc1cnc2ccc(C(=O)O)cc2c1. The van der Waals surface area contributed by atoms with Crippen molar-refractivity contribution in [1.82, 2.24) is 4.98 Å². The highest BCUT2D eigenvalue weighted by Crippen LogP contribution is 2.16. The number of benzene rings is 1. The predicted molar refractivity (Wildman–Crippen MR) is 53.1 cm³/mol. The number of carboxylic acids is 1. The van der Waals surface area contributed by atoms with Crippen LogP contribution in [0.25, 0.3) is 10.9 Å².